The smallest absolute Gasteiger partial charge is 0.251 e. The summed E-state index contributed by atoms with van der Waals surface area (Å²) in [6.45, 7) is 9.46. The van der Waals surface area contributed by atoms with Crippen LogP contribution in [0.2, 0.25) is 0 Å². The van der Waals surface area contributed by atoms with Crippen molar-refractivity contribution in [3.05, 3.63) is 29.8 Å². The Balaban J connectivity index is 2.46. The summed E-state index contributed by atoms with van der Waals surface area (Å²) in [6, 6.07) is 6.93. The van der Waals surface area contributed by atoms with Crippen LogP contribution in [0.25, 0.3) is 0 Å². The minimum absolute atomic E-state index is 0.0357. The fraction of sp³-hybridized carbons (Fsp3) is 0.500. The number of benzene rings is 1. The van der Waals surface area contributed by atoms with Gasteiger partial charge in [-0.25, -0.2) is 0 Å². The van der Waals surface area contributed by atoms with E-state index in [2.05, 4.69) is 29.4 Å². The van der Waals surface area contributed by atoms with E-state index in [4.69, 9.17) is 0 Å². The Morgan fingerprint density at radius 3 is 2.19 bits per heavy atom. The van der Waals surface area contributed by atoms with Gasteiger partial charge in [0.05, 0.1) is 0 Å². The number of anilines is 1. The second kappa shape index (κ2) is 9.13. The Kier molecular flexibility index (Phi) is 7.46. The summed E-state index contributed by atoms with van der Waals surface area (Å²) in [6.07, 6.45) is 0.438. The Hall–Kier alpha value is -1.88. The highest BCUT2D eigenvalue weighted by Crippen LogP contribution is 2.09. The summed E-state index contributed by atoms with van der Waals surface area (Å²) in [5.74, 6) is -0.123. The molecule has 0 unspecified atom stereocenters. The molecule has 2 N–H and O–H groups in total. The molecule has 0 fully saturated rings. The molecule has 1 rings (SSSR count). The van der Waals surface area contributed by atoms with Gasteiger partial charge in [-0.05, 0) is 37.4 Å². The van der Waals surface area contributed by atoms with Crippen LogP contribution in [0.15, 0.2) is 24.3 Å². The van der Waals surface area contributed by atoms with E-state index in [0.29, 0.717) is 24.2 Å². The Bertz CT molecular complexity index is 453. The molecule has 0 radical (unpaired) electrons. The number of nitrogens with one attached hydrogen (secondary N) is 2. The van der Waals surface area contributed by atoms with Gasteiger partial charge in [0.15, 0.2) is 0 Å². The molecule has 1 aromatic carbocycles. The summed E-state index contributed by atoms with van der Waals surface area (Å²) < 4.78 is 0. The highest BCUT2D eigenvalue weighted by molar-refractivity contribution is 5.95. The van der Waals surface area contributed by atoms with Gasteiger partial charge in [0.2, 0.25) is 5.91 Å². The molecule has 0 aliphatic heterocycles. The van der Waals surface area contributed by atoms with Crippen LogP contribution in [0.1, 0.15) is 37.6 Å². The molecule has 0 spiro atoms. The number of rotatable bonds is 8. The van der Waals surface area contributed by atoms with Crippen molar-refractivity contribution < 1.29 is 9.59 Å². The minimum Gasteiger partial charge on any atom is -0.351 e. The zero-order chi connectivity index (χ0) is 15.7. The van der Waals surface area contributed by atoms with Crippen molar-refractivity contribution in [3.8, 4) is 0 Å². The summed E-state index contributed by atoms with van der Waals surface area (Å²) in [4.78, 5) is 25.5. The van der Waals surface area contributed by atoms with Crippen molar-refractivity contribution in [2.75, 3.05) is 31.5 Å². The molecular weight excluding hydrogens is 266 g/mol. The summed E-state index contributed by atoms with van der Waals surface area (Å²) >= 11 is 0. The van der Waals surface area contributed by atoms with Crippen LogP contribution in [-0.4, -0.2) is 42.9 Å². The van der Waals surface area contributed by atoms with Crippen molar-refractivity contribution in [3.63, 3.8) is 0 Å². The molecule has 1 aromatic rings. The zero-order valence-corrected chi connectivity index (χ0v) is 13.1. The first-order valence-electron chi connectivity index (χ1n) is 7.51. The fourth-order valence-electron chi connectivity index (χ4n) is 1.92. The van der Waals surface area contributed by atoms with Crippen LogP contribution in [0.4, 0.5) is 5.69 Å². The molecule has 5 nitrogen and oxygen atoms in total. The van der Waals surface area contributed by atoms with Gasteiger partial charge < -0.3 is 15.5 Å². The summed E-state index contributed by atoms with van der Waals surface area (Å²) in [5.41, 5.74) is 1.31. The normalized spacial score (nSPS) is 10.5. The number of carbonyl (C=O) groups excluding carboxylic acids is 2. The van der Waals surface area contributed by atoms with E-state index in [1.165, 1.54) is 0 Å². The second-order valence-corrected chi connectivity index (χ2v) is 4.76. The predicted octanol–water partition coefficient (Wildman–Crippen LogP) is 2.11. The number of amides is 2. The SMILES string of the molecule is CCC(=O)Nc1ccc(C(=O)NCCN(CC)CC)cc1. The van der Waals surface area contributed by atoms with Crippen molar-refractivity contribution in [1.82, 2.24) is 10.2 Å². The lowest BCUT2D eigenvalue weighted by Gasteiger charge is -2.17. The van der Waals surface area contributed by atoms with Crippen LogP contribution in [0.3, 0.4) is 0 Å². The summed E-state index contributed by atoms with van der Waals surface area (Å²) in [5, 5.41) is 5.66. The van der Waals surface area contributed by atoms with Gasteiger partial charge in [-0.15, -0.1) is 0 Å². The number of hydrogen-bond donors (Lipinski definition) is 2. The molecule has 21 heavy (non-hydrogen) atoms. The average molecular weight is 291 g/mol. The molecule has 2 amide bonds. The lowest BCUT2D eigenvalue weighted by Crippen LogP contribution is -2.34. The van der Waals surface area contributed by atoms with Gasteiger partial charge in [0, 0.05) is 30.8 Å². The molecule has 0 atom stereocenters. The van der Waals surface area contributed by atoms with E-state index in [1.807, 2.05) is 0 Å². The Morgan fingerprint density at radius 1 is 1.05 bits per heavy atom. The monoisotopic (exact) mass is 291 g/mol. The first-order chi connectivity index (χ1) is 10.1. The largest absolute Gasteiger partial charge is 0.351 e. The maximum atomic E-state index is 12.0. The number of nitrogens with zero attached hydrogens (tertiary/aromatic N) is 1. The zero-order valence-electron chi connectivity index (χ0n) is 13.1. The molecule has 5 heteroatoms. The van der Waals surface area contributed by atoms with Crippen LogP contribution < -0.4 is 10.6 Å². The molecule has 0 aliphatic rings. The molecule has 116 valence electrons. The standard InChI is InChI=1S/C16H25N3O2/c1-4-15(20)18-14-9-7-13(8-10-14)16(21)17-11-12-19(5-2)6-3/h7-10H,4-6,11-12H2,1-3H3,(H,17,21)(H,18,20). The highest BCUT2D eigenvalue weighted by Gasteiger charge is 2.06. The van der Waals surface area contributed by atoms with Crippen molar-refractivity contribution in [1.29, 1.82) is 0 Å². The van der Waals surface area contributed by atoms with E-state index in [1.54, 1.807) is 31.2 Å². The Labute approximate surface area is 126 Å². The van der Waals surface area contributed by atoms with E-state index in [0.717, 1.165) is 19.6 Å². The quantitative estimate of drug-likeness (QED) is 0.771. The second-order valence-electron chi connectivity index (χ2n) is 4.76. The topological polar surface area (TPSA) is 61.4 Å². The molecule has 0 heterocycles. The van der Waals surface area contributed by atoms with Gasteiger partial charge in [-0.3, -0.25) is 9.59 Å². The van der Waals surface area contributed by atoms with Crippen molar-refractivity contribution in [2.45, 2.75) is 27.2 Å². The third-order valence-corrected chi connectivity index (χ3v) is 3.36. The fourth-order valence-corrected chi connectivity index (χ4v) is 1.92. The van der Waals surface area contributed by atoms with Gasteiger partial charge in [-0.2, -0.15) is 0 Å². The maximum absolute atomic E-state index is 12.0. The lowest BCUT2D eigenvalue weighted by atomic mass is 10.2. The van der Waals surface area contributed by atoms with Crippen LogP contribution in [-0.2, 0) is 4.79 Å². The third kappa shape index (κ3) is 5.95. The first-order valence-corrected chi connectivity index (χ1v) is 7.51. The highest BCUT2D eigenvalue weighted by atomic mass is 16.2. The van der Waals surface area contributed by atoms with Gasteiger partial charge in [-0.1, -0.05) is 20.8 Å². The molecule has 0 saturated carbocycles. The van der Waals surface area contributed by atoms with E-state index in [9.17, 15) is 9.59 Å². The van der Waals surface area contributed by atoms with Crippen LogP contribution >= 0.6 is 0 Å². The van der Waals surface area contributed by atoms with Crippen molar-refractivity contribution >= 4 is 17.5 Å². The van der Waals surface area contributed by atoms with Crippen LogP contribution in [0.5, 0.6) is 0 Å². The third-order valence-electron chi connectivity index (χ3n) is 3.36. The predicted molar refractivity (Wildman–Crippen MR) is 85.5 cm³/mol. The van der Waals surface area contributed by atoms with E-state index in [-0.39, 0.29) is 11.8 Å². The molecule has 0 aliphatic carbocycles. The van der Waals surface area contributed by atoms with E-state index < -0.39 is 0 Å². The summed E-state index contributed by atoms with van der Waals surface area (Å²) in [7, 11) is 0. The number of likely N-dealkylation sites (N-methyl/N-ethyl adjacent to an activating group) is 1. The Morgan fingerprint density at radius 2 is 1.67 bits per heavy atom. The lowest BCUT2D eigenvalue weighted by molar-refractivity contribution is -0.115. The van der Waals surface area contributed by atoms with Crippen molar-refractivity contribution in [2.24, 2.45) is 0 Å². The van der Waals surface area contributed by atoms with Gasteiger partial charge >= 0.3 is 0 Å². The first kappa shape index (κ1) is 17.2. The van der Waals surface area contributed by atoms with Gasteiger partial charge in [0.25, 0.3) is 5.91 Å². The molecular formula is C16H25N3O2. The maximum Gasteiger partial charge on any atom is 0.251 e. The van der Waals surface area contributed by atoms with Crippen LogP contribution in [0, 0.1) is 0 Å². The number of hydrogen-bond acceptors (Lipinski definition) is 3. The molecule has 0 aromatic heterocycles. The molecule has 0 bridgehead atoms. The minimum atomic E-state index is -0.0875. The molecule has 0 saturated heterocycles. The number of carbonyl (C=O) groups is 2. The van der Waals surface area contributed by atoms with Gasteiger partial charge in [0.1, 0.15) is 0 Å². The average Bonchev–Trinajstić information content (AvgIpc) is 2.52. The van der Waals surface area contributed by atoms with E-state index >= 15 is 0 Å².